The van der Waals surface area contributed by atoms with Crippen LogP contribution in [-0.4, -0.2) is 48.6 Å². The third-order valence-corrected chi connectivity index (χ3v) is 5.82. The van der Waals surface area contributed by atoms with E-state index in [2.05, 4.69) is 5.32 Å². The van der Waals surface area contributed by atoms with Crippen LogP contribution in [0.2, 0.25) is 0 Å². The number of nitrogens with two attached hydrogens (primary N) is 1. The lowest BCUT2D eigenvalue weighted by Crippen LogP contribution is -2.54. The highest BCUT2D eigenvalue weighted by Gasteiger charge is 2.38. The van der Waals surface area contributed by atoms with Gasteiger partial charge in [0.1, 0.15) is 16.4 Å². The maximum Gasteiger partial charge on any atom is 0.547 e. The van der Waals surface area contributed by atoms with Gasteiger partial charge in [-0.3, -0.25) is 4.79 Å². The van der Waals surface area contributed by atoms with Crippen LogP contribution in [0, 0.1) is 0 Å². The molecule has 1 aliphatic rings. The Hall–Kier alpha value is -3.09. The van der Waals surface area contributed by atoms with Crippen molar-refractivity contribution in [1.82, 2.24) is 5.32 Å². The van der Waals surface area contributed by atoms with Crippen molar-refractivity contribution in [2.45, 2.75) is 30.1 Å². The number of nitrogens with one attached hydrogen (secondary N) is 1. The second kappa shape index (κ2) is 7.97. The van der Waals surface area contributed by atoms with Crippen molar-refractivity contribution < 1.29 is 37.9 Å². The molecule has 1 heterocycles. The number of hydrogen-bond acceptors (Lipinski definition) is 7. The number of carbonyl (C=O) groups is 2. The Labute approximate surface area is 172 Å². The summed E-state index contributed by atoms with van der Waals surface area (Å²) >= 11 is 0. The van der Waals surface area contributed by atoms with Crippen LogP contribution in [0.25, 0.3) is 0 Å². The standard InChI is InChI=1S/C18H19BN2O8S/c1-9(10-5-6-14(13(22)7-10)30(20,27)28)17(23)21-15-8-11-3-2-4-12(18(24)25)16(11)29-19(15)26/h2-7,9,15,22,26H,8H2,1H3,(H,21,23)(H,24,25)(H2,20,27,28)/t9-,15+/m1/s1. The molecule has 158 valence electrons. The predicted molar refractivity (Wildman–Crippen MR) is 106 cm³/mol. The number of carboxylic acid groups (broad SMARTS) is 1. The van der Waals surface area contributed by atoms with Crippen LogP contribution in [0.1, 0.15) is 34.3 Å². The van der Waals surface area contributed by atoms with Crippen LogP contribution >= 0.6 is 0 Å². The van der Waals surface area contributed by atoms with Gasteiger partial charge in [-0.05, 0) is 42.7 Å². The lowest BCUT2D eigenvalue weighted by Gasteiger charge is -2.29. The number of phenolic OH excluding ortho intramolecular Hbond substituents is 1. The predicted octanol–water partition coefficient (Wildman–Crippen LogP) is -0.0191. The molecule has 1 amide bonds. The molecule has 2 aromatic carbocycles. The van der Waals surface area contributed by atoms with Crippen LogP contribution in [-0.2, 0) is 21.2 Å². The highest BCUT2D eigenvalue weighted by atomic mass is 32.2. The molecular weight excluding hydrogens is 415 g/mol. The number of carboxylic acids is 1. The first-order valence-corrected chi connectivity index (χ1v) is 10.4. The van der Waals surface area contributed by atoms with Gasteiger partial charge in [-0.15, -0.1) is 0 Å². The van der Waals surface area contributed by atoms with Gasteiger partial charge in [-0.1, -0.05) is 18.2 Å². The van der Waals surface area contributed by atoms with E-state index in [1.54, 1.807) is 12.1 Å². The monoisotopic (exact) mass is 434 g/mol. The lowest BCUT2D eigenvalue weighted by molar-refractivity contribution is -0.122. The van der Waals surface area contributed by atoms with Gasteiger partial charge in [0.15, 0.2) is 0 Å². The Morgan fingerprint density at radius 3 is 2.60 bits per heavy atom. The summed E-state index contributed by atoms with van der Waals surface area (Å²) in [6.45, 7) is 1.53. The molecule has 0 saturated heterocycles. The third-order valence-electron chi connectivity index (χ3n) is 4.86. The summed E-state index contributed by atoms with van der Waals surface area (Å²) in [6.07, 6.45) is 0.145. The maximum absolute atomic E-state index is 12.6. The summed E-state index contributed by atoms with van der Waals surface area (Å²) in [6, 6.07) is 8.12. The summed E-state index contributed by atoms with van der Waals surface area (Å²) in [4.78, 5) is 23.5. The van der Waals surface area contributed by atoms with Gasteiger partial charge in [-0.25, -0.2) is 18.4 Å². The number of amides is 1. The summed E-state index contributed by atoms with van der Waals surface area (Å²) < 4.78 is 28.1. The Kier molecular flexibility index (Phi) is 5.75. The van der Waals surface area contributed by atoms with E-state index in [-0.39, 0.29) is 17.7 Å². The minimum Gasteiger partial charge on any atom is -0.534 e. The molecule has 1 aliphatic heterocycles. The normalized spacial score (nSPS) is 16.9. The lowest BCUT2D eigenvalue weighted by atomic mass is 9.72. The number of hydrogen-bond donors (Lipinski definition) is 5. The number of phenols is 1. The molecule has 2 atom stereocenters. The van der Waals surface area contributed by atoms with E-state index < -0.39 is 51.5 Å². The van der Waals surface area contributed by atoms with Crippen LogP contribution in [0.15, 0.2) is 41.3 Å². The van der Waals surface area contributed by atoms with E-state index in [1.165, 1.54) is 19.1 Å². The van der Waals surface area contributed by atoms with Crippen LogP contribution in [0.3, 0.4) is 0 Å². The number of para-hydroxylation sites is 1. The topological polar surface area (TPSA) is 176 Å². The molecule has 0 aromatic heterocycles. The second-order valence-electron chi connectivity index (χ2n) is 6.92. The van der Waals surface area contributed by atoms with E-state index in [0.29, 0.717) is 11.1 Å². The average molecular weight is 434 g/mol. The van der Waals surface area contributed by atoms with Crippen molar-refractivity contribution in [1.29, 1.82) is 0 Å². The number of carbonyl (C=O) groups excluding carboxylic acids is 1. The van der Waals surface area contributed by atoms with E-state index in [4.69, 9.17) is 9.79 Å². The van der Waals surface area contributed by atoms with Gasteiger partial charge in [0.2, 0.25) is 15.9 Å². The minimum atomic E-state index is -4.11. The van der Waals surface area contributed by atoms with Gasteiger partial charge < -0.3 is 25.2 Å². The average Bonchev–Trinajstić information content (AvgIpc) is 2.66. The molecule has 0 bridgehead atoms. The summed E-state index contributed by atoms with van der Waals surface area (Å²) in [5.74, 6) is -3.87. The first-order valence-electron chi connectivity index (χ1n) is 8.85. The number of rotatable bonds is 5. The molecule has 0 spiro atoms. The molecular formula is C18H19BN2O8S. The van der Waals surface area contributed by atoms with Gasteiger partial charge in [0.05, 0.1) is 17.4 Å². The smallest absolute Gasteiger partial charge is 0.534 e. The molecule has 30 heavy (non-hydrogen) atoms. The Balaban J connectivity index is 1.77. The zero-order chi connectivity index (χ0) is 22.2. The minimum absolute atomic E-state index is 0.0551. The second-order valence-corrected chi connectivity index (χ2v) is 8.45. The molecule has 12 heteroatoms. The fourth-order valence-electron chi connectivity index (χ4n) is 3.22. The molecule has 3 rings (SSSR count). The van der Waals surface area contributed by atoms with Gasteiger partial charge >= 0.3 is 13.1 Å². The quantitative estimate of drug-likeness (QED) is 0.408. The number of aromatic carboxylic acids is 1. The Bertz CT molecular complexity index is 1120. The number of benzene rings is 2. The van der Waals surface area contributed by atoms with Crippen LogP contribution in [0.4, 0.5) is 0 Å². The Morgan fingerprint density at radius 1 is 1.30 bits per heavy atom. The van der Waals surface area contributed by atoms with E-state index in [1.807, 2.05) is 0 Å². The molecule has 6 N–H and O–H groups in total. The maximum atomic E-state index is 12.6. The zero-order valence-corrected chi connectivity index (χ0v) is 16.6. The highest BCUT2D eigenvalue weighted by Crippen LogP contribution is 2.31. The third kappa shape index (κ3) is 4.25. The molecule has 0 fully saturated rings. The Morgan fingerprint density at radius 2 is 2.00 bits per heavy atom. The largest absolute Gasteiger partial charge is 0.547 e. The SMILES string of the molecule is C[C@@H](C(=O)N[C@H]1Cc2cccc(C(=O)O)c2OB1O)c1ccc(S(N)(=O)=O)c(O)c1. The van der Waals surface area contributed by atoms with Crippen molar-refractivity contribution in [2.75, 3.05) is 0 Å². The fourth-order valence-corrected chi connectivity index (χ4v) is 3.83. The molecule has 2 aromatic rings. The fraction of sp³-hybridized carbons (Fsp3) is 0.222. The van der Waals surface area contributed by atoms with Gasteiger partial charge in [-0.2, -0.15) is 0 Å². The van der Waals surface area contributed by atoms with Crippen molar-refractivity contribution in [2.24, 2.45) is 5.14 Å². The summed E-state index contributed by atoms with van der Waals surface area (Å²) in [5.41, 5.74) is 0.764. The number of fused-ring (bicyclic) bond motifs is 1. The zero-order valence-electron chi connectivity index (χ0n) is 15.8. The number of primary sulfonamides is 1. The van der Waals surface area contributed by atoms with Gasteiger partial charge in [0, 0.05) is 0 Å². The van der Waals surface area contributed by atoms with Crippen LogP contribution in [0.5, 0.6) is 11.5 Å². The molecule has 10 nitrogen and oxygen atoms in total. The highest BCUT2D eigenvalue weighted by molar-refractivity contribution is 7.89. The molecule has 0 aliphatic carbocycles. The molecule has 0 unspecified atom stereocenters. The van der Waals surface area contributed by atoms with Gasteiger partial charge in [0.25, 0.3) is 0 Å². The van der Waals surface area contributed by atoms with Crippen LogP contribution < -0.4 is 15.1 Å². The first-order chi connectivity index (χ1) is 14.0. The van der Waals surface area contributed by atoms with E-state index >= 15 is 0 Å². The summed E-state index contributed by atoms with van der Waals surface area (Å²) in [7, 11) is -5.57. The molecule has 0 saturated carbocycles. The van der Waals surface area contributed by atoms with Crippen molar-refractivity contribution in [3.63, 3.8) is 0 Å². The summed E-state index contributed by atoms with van der Waals surface area (Å²) in [5, 5.41) is 37.0. The van der Waals surface area contributed by atoms with Crippen molar-refractivity contribution >= 4 is 29.0 Å². The molecule has 0 radical (unpaired) electrons. The number of aromatic hydroxyl groups is 1. The van der Waals surface area contributed by atoms with E-state index in [0.717, 1.165) is 12.1 Å². The van der Waals surface area contributed by atoms with Crippen molar-refractivity contribution in [3.05, 3.63) is 53.1 Å². The number of sulfonamides is 1. The van der Waals surface area contributed by atoms with E-state index in [9.17, 15) is 33.2 Å². The van der Waals surface area contributed by atoms with Crippen molar-refractivity contribution in [3.8, 4) is 11.5 Å². The first kappa shape index (κ1) is 21.6.